The number of halogens is 1. The van der Waals surface area contributed by atoms with Gasteiger partial charge in [0.2, 0.25) is 0 Å². The third-order valence-corrected chi connectivity index (χ3v) is 5.67. The molecule has 1 atom stereocenters. The number of benzene rings is 3. The molecule has 1 unspecified atom stereocenters. The molecule has 0 amide bonds. The summed E-state index contributed by atoms with van der Waals surface area (Å²) in [4.78, 5) is 3.49. The van der Waals surface area contributed by atoms with Crippen LogP contribution in [-0.4, -0.2) is 18.6 Å². The van der Waals surface area contributed by atoms with Crippen molar-refractivity contribution >= 4 is 10.9 Å². The fraction of sp³-hybridized carbons (Fsp3) is 0.200. The molecule has 3 aromatic carbocycles. The van der Waals surface area contributed by atoms with Gasteiger partial charge in [-0.25, -0.2) is 4.39 Å². The van der Waals surface area contributed by atoms with E-state index in [1.54, 1.807) is 19.2 Å². The molecule has 1 aliphatic rings. The van der Waals surface area contributed by atoms with E-state index in [-0.39, 0.29) is 11.9 Å². The fourth-order valence-corrected chi connectivity index (χ4v) is 4.20. The first kappa shape index (κ1) is 18.7. The number of aromatic nitrogens is 1. The molecular formula is C25H23FN2O2. The van der Waals surface area contributed by atoms with Crippen LogP contribution >= 0.6 is 0 Å². The van der Waals surface area contributed by atoms with Gasteiger partial charge in [-0.15, -0.1) is 0 Å². The van der Waals surface area contributed by atoms with E-state index in [4.69, 9.17) is 9.47 Å². The third kappa shape index (κ3) is 3.42. The van der Waals surface area contributed by atoms with Crippen molar-refractivity contribution in [1.82, 2.24) is 10.3 Å². The number of methoxy groups -OCH3 is 1. The predicted octanol–water partition coefficient (Wildman–Crippen LogP) is 5.13. The highest BCUT2D eigenvalue weighted by Crippen LogP contribution is 2.37. The second kappa shape index (κ2) is 7.84. The molecule has 5 heteroatoms. The number of rotatable bonds is 5. The monoisotopic (exact) mass is 402 g/mol. The minimum Gasteiger partial charge on any atom is -0.493 e. The molecule has 152 valence electrons. The molecule has 0 fully saturated rings. The molecule has 4 aromatic rings. The van der Waals surface area contributed by atoms with E-state index < -0.39 is 0 Å². The molecule has 0 saturated carbocycles. The fourth-order valence-electron chi connectivity index (χ4n) is 4.20. The van der Waals surface area contributed by atoms with Gasteiger partial charge in [0.05, 0.1) is 13.2 Å². The Morgan fingerprint density at radius 1 is 1.00 bits per heavy atom. The first-order valence-electron chi connectivity index (χ1n) is 10.1. The van der Waals surface area contributed by atoms with Crippen molar-refractivity contribution in [2.75, 3.05) is 13.7 Å². The van der Waals surface area contributed by atoms with Gasteiger partial charge in [0.25, 0.3) is 0 Å². The van der Waals surface area contributed by atoms with E-state index in [9.17, 15) is 4.39 Å². The number of fused-ring (bicyclic) bond motifs is 3. The van der Waals surface area contributed by atoms with Crippen molar-refractivity contribution in [3.05, 3.63) is 94.9 Å². The molecule has 30 heavy (non-hydrogen) atoms. The lowest BCUT2D eigenvalue weighted by Gasteiger charge is -2.25. The molecule has 1 aliphatic heterocycles. The number of hydrogen-bond donors (Lipinski definition) is 2. The van der Waals surface area contributed by atoms with E-state index in [0.29, 0.717) is 18.1 Å². The van der Waals surface area contributed by atoms with Crippen LogP contribution in [0.5, 0.6) is 11.5 Å². The average molecular weight is 402 g/mol. The van der Waals surface area contributed by atoms with Crippen LogP contribution in [0.15, 0.2) is 66.7 Å². The van der Waals surface area contributed by atoms with Gasteiger partial charge in [0.1, 0.15) is 12.4 Å². The number of nitrogens with one attached hydrogen (secondary N) is 2. The lowest BCUT2D eigenvalue weighted by Crippen LogP contribution is -2.30. The van der Waals surface area contributed by atoms with Crippen molar-refractivity contribution in [1.29, 1.82) is 0 Å². The molecule has 4 nitrogen and oxygen atoms in total. The van der Waals surface area contributed by atoms with Crippen LogP contribution in [0.4, 0.5) is 4.39 Å². The second-order valence-corrected chi connectivity index (χ2v) is 7.53. The van der Waals surface area contributed by atoms with Gasteiger partial charge >= 0.3 is 0 Å². The van der Waals surface area contributed by atoms with Crippen molar-refractivity contribution < 1.29 is 13.9 Å². The zero-order valence-electron chi connectivity index (χ0n) is 16.7. The van der Waals surface area contributed by atoms with Crippen molar-refractivity contribution in [2.24, 2.45) is 0 Å². The summed E-state index contributed by atoms with van der Waals surface area (Å²) in [5.74, 6) is 1.19. The Morgan fingerprint density at radius 3 is 2.70 bits per heavy atom. The average Bonchev–Trinajstić information content (AvgIpc) is 3.16. The van der Waals surface area contributed by atoms with E-state index in [0.717, 1.165) is 40.7 Å². The van der Waals surface area contributed by atoms with Crippen molar-refractivity contribution in [3.63, 3.8) is 0 Å². The van der Waals surface area contributed by atoms with Gasteiger partial charge in [-0.3, -0.25) is 0 Å². The van der Waals surface area contributed by atoms with E-state index in [1.165, 1.54) is 11.6 Å². The van der Waals surface area contributed by atoms with Crippen LogP contribution in [0.25, 0.3) is 10.9 Å². The summed E-state index contributed by atoms with van der Waals surface area (Å²) < 4.78 is 25.4. The minimum absolute atomic E-state index is 0.0127. The van der Waals surface area contributed by atoms with Crippen LogP contribution < -0.4 is 14.8 Å². The number of H-pyrrole nitrogens is 1. The molecular weight excluding hydrogens is 379 g/mol. The largest absolute Gasteiger partial charge is 0.493 e. The topological polar surface area (TPSA) is 46.3 Å². The molecule has 5 rings (SSSR count). The third-order valence-electron chi connectivity index (χ3n) is 5.67. The Morgan fingerprint density at radius 2 is 1.87 bits per heavy atom. The summed E-state index contributed by atoms with van der Waals surface area (Å²) >= 11 is 0. The Balaban J connectivity index is 1.46. The van der Waals surface area contributed by atoms with Crippen molar-refractivity contribution in [2.45, 2.75) is 19.1 Å². The van der Waals surface area contributed by atoms with Gasteiger partial charge in [-0.2, -0.15) is 0 Å². The standard InChI is InChI=1S/C25H23FN2O2/c1-29-23-13-17(7-10-22(23)30-15-16-5-3-2-4-6-16)24-25-19(11-12-27-24)20-14-18(26)8-9-21(20)28-25/h2-10,13-14,24,27-28H,11-12,15H2,1H3. The summed E-state index contributed by atoms with van der Waals surface area (Å²) in [6.07, 6.45) is 0.866. The lowest BCUT2D eigenvalue weighted by molar-refractivity contribution is 0.284. The van der Waals surface area contributed by atoms with E-state index in [2.05, 4.69) is 16.4 Å². The molecule has 0 radical (unpaired) electrons. The molecule has 2 heterocycles. The Hall–Kier alpha value is -3.31. The first-order chi connectivity index (χ1) is 14.7. The van der Waals surface area contributed by atoms with Gasteiger partial charge in [-0.05, 0) is 53.4 Å². The molecule has 2 N–H and O–H groups in total. The van der Waals surface area contributed by atoms with Crippen LogP contribution in [0.3, 0.4) is 0 Å². The van der Waals surface area contributed by atoms with Gasteiger partial charge < -0.3 is 19.8 Å². The summed E-state index contributed by atoms with van der Waals surface area (Å²) in [5, 5.41) is 4.54. The Kier molecular flexibility index (Phi) is 4.89. The van der Waals surface area contributed by atoms with Gasteiger partial charge in [0.15, 0.2) is 11.5 Å². The Bertz CT molecular complexity index is 1190. The molecule has 1 aromatic heterocycles. The maximum Gasteiger partial charge on any atom is 0.161 e. The molecule has 0 spiro atoms. The maximum absolute atomic E-state index is 13.8. The smallest absolute Gasteiger partial charge is 0.161 e. The molecule has 0 bridgehead atoms. The van der Waals surface area contributed by atoms with E-state index >= 15 is 0 Å². The highest BCUT2D eigenvalue weighted by molar-refractivity contribution is 5.85. The second-order valence-electron chi connectivity index (χ2n) is 7.53. The van der Waals surface area contributed by atoms with Crippen LogP contribution in [0.1, 0.15) is 28.4 Å². The SMILES string of the molecule is COc1cc(C2NCCc3c2[nH]c2ccc(F)cc32)ccc1OCc1ccccc1. The summed E-state index contributed by atoms with van der Waals surface area (Å²) in [5.41, 5.74) is 5.41. The summed E-state index contributed by atoms with van der Waals surface area (Å²) in [6.45, 7) is 1.31. The molecule has 0 saturated heterocycles. The van der Waals surface area contributed by atoms with Crippen LogP contribution in [-0.2, 0) is 13.0 Å². The zero-order valence-corrected chi connectivity index (χ0v) is 16.7. The highest BCUT2D eigenvalue weighted by Gasteiger charge is 2.26. The molecule has 0 aliphatic carbocycles. The van der Waals surface area contributed by atoms with E-state index in [1.807, 2.05) is 42.5 Å². The number of hydrogen-bond acceptors (Lipinski definition) is 3. The summed E-state index contributed by atoms with van der Waals surface area (Å²) in [6, 6.07) is 21.0. The number of aromatic amines is 1. The normalized spacial score (nSPS) is 15.7. The van der Waals surface area contributed by atoms with Crippen molar-refractivity contribution in [3.8, 4) is 11.5 Å². The van der Waals surface area contributed by atoms with Gasteiger partial charge in [-0.1, -0.05) is 36.4 Å². The predicted molar refractivity (Wildman–Crippen MR) is 116 cm³/mol. The maximum atomic E-state index is 13.8. The number of ether oxygens (including phenoxy) is 2. The summed E-state index contributed by atoms with van der Waals surface area (Å²) in [7, 11) is 1.65. The minimum atomic E-state index is -0.207. The van der Waals surface area contributed by atoms with Crippen LogP contribution in [0, 0.1) is 5.82 Å². The lowest BCUT2D eigenvalue weighted by atomic mass is 9.94. The zero-order chi connectivity index (χ0) is 20.5. The Labute approximate surface area is 174 Å². The highest BCUT2D eigenvalue weighted by atomic mass is 19.1. The first-order valence-corrected chi connectivity index (χ1v) is 10.1. The van der Waals surface area contributed by atoms with Gasteiger partial charge in [0, 0.05) is 23.1 Å². The quantitative estimate of drug-likeness (QED) is 0.487. The van der Waals surface area contributed by atoms with Crippen LogP contribution in [0.2, 0.25) is 0 Å².